The van der Waals surface area contributed by atoms with Crippen LogP contribution in [0.1, 0.15) is 5.56 Å². The van der Waals surface area contributed by atoms with Gasteiger partial charge >= 0.3 is 0 Å². The van der Waals surface area contributed by atoms with Gasteiger partial charge in [-0.05, 0) is 17.5 Å². The first kappa shape index (κ1) is 16.8. The number of nitrogens with one attached hydrogen (secondary N) is 2. The van der Waals surface area contributed by atoms with Gasteiger partial charge in [-0.1, -0.05) is 54.6 Å². The van der Waals surface area contributed by atoms with E-state index in [9.17, 15) is 4.79 Å². The van der Waals surface area contributed by atoms with E-state index in [1.54, 1.807) is 6.21 Å². The molecule has 0 saturated heterocycles. The fourth-order valence-corrected chi connectivity index (χ4v) is 3.24. The molecule has 0 radical (unpaired) electrons. The summed E-state index contributed by atoms with van der Waals surface area (Å²) >= 11 is 0. The van der Waals surface area contributed by atoms with Crippen molar-refractivity contribution < 1.29 is 4.79 Å². The highest BCUT2D eigenvalue weighted by molar-refractivity contribution is 6.00. The first-order valence-electron chi connectivity index (χ1n) is 8.80. The Morgan fingerprint density at radius 2 is 1.74 bits per heavy atom. The van der Waals surface area contributed by atoms with Gasteiger partial charge in [0.05, 0.1) is 12.8 Å². The van der Waals surface area contributed by atoms with Crippen molar-refractivity contribution in [2.75, 3.05) is 11.9 Å². The number of rotatable bonds is 5. The summed E-state index contributed by atoms with van der Waals surface area (Å²) in [5.41, 5.74) is 5.61. The molecule has 4 rings (SSSR count). The van der Waals surface area contributed by atoms with E-state index in [4.69, 9.17) is 0 Å². The molecule has 0 aliphatic heterocycles. The minimum absolute atomic E-state index is 0.154. The molecule has 0 unspecified atom stereocenters. The van der Waals surface area contributed by atoms with E-state index in [1.165, 1.54) is 0 Å². The Morgan fingerprint density at radius 1 is 1.00 bits per heavy atom. The molecule has 2 N–H and O–H groups in total. The second kappa shape index (κ2) is 7.33. The molecular formula is C22H20N4O. The quantitative estimate of drug-likeness (QED) is 0.421. The molecule has 4 aromatic rings. The van der Waals surface area contributed by atoms with Gasteiger partial charge in [-0.15, -0.1) is 0 Å². The van der Waals surface area contributed by atoms with E-state index >= 15 is 0 Å². The van der Waals surface area contributed by atoms with Crippen LogP contribution in [0, 0.1) is 0 Å². The van der Waals surface area contributed by atoms with Crippen LogP contribution in [0.5, 0.6) is 0 Å². The number of hydrogen-bond donors (Lipinski definition) is 2. The second-order valence-electron chi connectivity index (χ2n) is 6.39. The van der Waals surface area contributed by atoms with Gasteiger partial charge in [-0.2, -0.15) is 5.10 Å². The van der Waals surface area contributed by atoms with Gasteiger partial charge in [-0.3, -0.25) is 4.79 Å². The van der Waals surface area contributed by atoms with Crippen LogP contribution >= 0.6 is 0 Å². The molecule has 3 aromatic carbocycles. The Balaban J connectivity index is 1.40. The topological polar surface area (TPSA) is 58.4 Å². The van der Waals surface area contributed by atoms with Crippen molar-refractivity contribution in [2.24, 2.45) is 12.1 Å². The van der Waals surface area contributed by atoms with E-state index in [0.29, 0.717) is 0 Å². The monoisotopic (exact) mass is 356 g/mol. The molecule has 1 amide bonds. The number of aryl methyl sites for hydroxylation is 1. The van der Waals surface area contributed by atoms with Gasteiger partial charge in [0.25, 0.3) is 5.91 Å². The van der Waals surface area contributed by atoms with Crippen molar-refractivity contribution in [3.05, 3.63) is 78.5 Å². The van der Waals surface area contributed by atoms with Crippen LogP contribution in [0.25, 0.3) is 21.7 Å². The highest BCUT2D eigenvalue weighted by atomic mass is 16.2. The fourth-order valence-electron chi connectivity index (χ4n) is 3.24. The molecule has 0 fully saturated rings. The summed E-state index contributed by atoms with van der Waals surface area (Å²) in [4.78, 5) is 12.1. The van der Waals surface area contributed by atoms with Crippen LogP contribution in [0.3, 0.4) is 0 Å². The molecule has 0 bridgehead atoms. The lowest BCUT2D eigenvalue weighted by molar-refractivity contribution is -0.119. The normalized spacial score (nSPS) is 11.3. The number of carbonyl (C=O) groups excluding carboxylic acids is 1. The van der Waals surface area contributed by atoms with Crippen LogP contribution in [-0.2, 0) is 11.8 Å². The third-order valence-corrected chi connectivity index (χ3v) is 4.55. The zero-order valence-electron chi connectivity index (χ0n) is 15.0. The Hall–Kier alpha value is -3.60. The van der Waals surface area contributed by atoms with Gasteiger partial charge in [0, 0.05) is 40.8 Å². The number of anilines is 1. The highest BCUT2D eigenvalue weighted by Gasteiger charge is 2.05. The predicted octanol–water partition coefficient (Wildman–Crippen LogP) is 3.89. The summed E-state index contributed by atoms with van der Waals surface area (Å²) in [7, 11) is 1.99. The molecule has 0 atom stereocenters. The highest BCUT2D eigenvalue weighted by Crippen LogP contribution is 2.22. The smallest absolute Gasteiger partial charge is 0.259 e. The summed E-state index contributed by atoms with van der Waals surface area (Å²) in [5, 5.41) is 10.6. The summed E-state index contributed by atoms with van der Waals surface area (Å²) < 4.78 is 2.04. The Labute approximate surface area is 157 Å². The summed E-state index contributed by atoms with van der Waals surface area (Å²) in [6.45, 7) is 0.154. The number of aromatic nitrogens is 1. The minimum Gasteiger partial charge on any atom is -0.376 e. The number of nitrogens with zero attached hydrogens (tertiary/aromatic N) is 2. The average molecular weight is 356 g/mol. The molecule has 27 heavy (non-hydrogen) atoms. The summed E-state index contributed by atoms with van der Waals surface area (Å²) in [5.74, 6) is -0.195. The molecule has 0 aliphatic rings. The number of hydrazone groups is 1. The van der Waals surface area contributed by atoms with Crippen LogP contribution in [0.2, 0.25) is 0 Å². The van der Waals surface area contributed by atoms with Crippen LogP contribution in [0.4, 0.5) is 5.69 Å². The largest absolute Gasteiger partial charge is 0.376 e. The number of carbonyl (C=O) groups is 1. The van der Waals surface area contributed by atoms with Crippen molar-refractivity contribution in [3.8, 4) is 0 Å². The molecule has 5 nitrogen and oxygen atoms in total. The maximum Gasteiger partial charge on any atom is 0.259 e. The Bertz CT molecular complexity index is 1140. The Morgan fingerprint density at radius 3 is 2.63 bits per heavy atom. The summed E-state index contributed by atoms with van der Waals surface area (Å²) in [6, 6.07) is 22.2. The van der Waals surface area contributed by atoms with E-state index in [0.717, 1.165) is 32.9 Å². The minimum atomic E-state index is -0.195. The maximum atomic E-state index is 12.1. The van der Waals surface area contributed by atoms with E-state index in [1.807, 2.05) is 66.3 Å². The maximum absolute atomic E-state index is 12.1. The fraction of sp³-hybridized carbons (Fsp3) is 0.0909. The third kappa shape index (κ3) is 3.53. The van der Waals surface area contributed by atoms with Crippen LogP contribution in [-0.4, -0.2) is 23.2 Å². The zero-order chi connectivity index (χ0) is 18.6. The van der Waals surface area contributed by atoms with Crippen molar-refractivity contribution in [1.29, 1.82) is 0 Å². The lowest BCUT2D eigenvalue weighted by Crippen LogP contribution is -2.25. The molecule has 0 saturated carbocycles. The van der Waals surface area contributed by atoms with E-state index in [-0.39, 0.29) is 12.5 Å². The number of benzene rings is 3. The van der Waals surface area contributed by atoms with Gasteiger partial charge in [0.2, 0.25) is 0 Å². The number of hydrogen-bond acceptors (Lipinski definition) is 3. The first-order valence-corrected chi connectivity index (χ1v) is 8.80. The van der Waals surface area contributed by atoms with Crippen molar-refractivity contribution >= 4 is 39.5 Å². The SMILES string of the molecule is Cn1cc(/C=N/NC(=O)CNc2cccc3ccccc23)c2ccccc21. The molecular weight excluding hydrogens is 336 g/mol. The number of para-hydroxylation sites is 1. The van der Waals surface area contributed by atoms with Crippen molar-refractivity contribution in [1.82, 2.24) is 9.99 Å². The lowest BCUT2D eigenvalue weighted by Gasteiger charge is -2.08. The lowest BCUT2D eigenvalue weighted by atomic mass is 10.1. The molecule has 0 spiro atoms. The van der Waals surface area contributed by atoms with Crippen molar-refractivity contribution in [2.45, 2.75) is 0 Å². The van der Waals surface area contributed by atoms with E-state index in [2.05, 4.69) is 34.0 Å². The first-order chi connectivity index (χ1) is 13.2. The number of fused-ring (bicyclic) bond motifs is 2. The van der Waals surface area contributed by atoms with Crippen molar-refractivity contribution in [3.63, 3.8) is 0 Å². The standard InChI is InChI=1S/C22H20N4O/c1-26-15-17(19-10-4-5-12-21(19)26)13-24-25-22(27)14-23-20-11-6-8-16-7-2-3-9-18(16)20/h2-13,15,23H,14H2,1H3,(H,25,27)/b24-13+. The molecule has 1 heterocycles. The van der Waals surface area contributed by atoms with Gasteiger partial charge in [-0.25, -0.2) is 5.43 Å². The number of amides is 1. The molecule has 0 aliphatic carbocycles. The average Bonchev–Trinajstić information content (AvgIpc) is 3.02. The predicted molar refractivity (Wildman–Crippen MR) is 111 cm³/mol. The van der Waals surface area contributed by atoms with Gasteiger partial charge in [0.15, 0.2) is 0 Å². The summed E-state index contributed by atoms with van der Waals surface area (Å²) in [6.07, 6.45) is 3.67. The van der Waals surface area contributed by atoms with Gasteiger partial charge in [0.1, 0.15) is 0 Å². The second-order valence-corrected chi connectivity index (χ2v) is 6.39. The Kier molecular flexibility index (Phi) is 4.58. The molecule has 134 valence electrons. The van der Waals surface area contributed by atoms with Crippen LogP contribution < -0.4 is 10.7 Å². The third-order valence-electron chi connectivity index (χ3n) is 4.55. The van der Waals surface area contributed by atoms with Gasteiger partial charge < -0.3 is 9.88 Å². The molecule has 5 heteroatoms. The molecule has 1 aromatic heterocycles. The zero-order valence-corrected chi connectivity index (χ0v) is 15.0. The van der Waals surface area contributed by atoms with E-state index < -0.39 is 0 Å². The van der Waals surface area contributed by atoms with Crippen LogP contribution in [0.15, 0.2) is 78.0 Å².